The van der Waals surface area contributed by atoms with Crippen LogP contribution in [0.15, 0.2) is 42.5 Å². The van der Waals surface area contributed by atoms with E-state index >= 15 is 0 Å². The lowest BCUT2D eigenvalue weighted by molar-refractivity contribution is 1.14. The van der Waals surface area contributed by atoms with Crippen LogP contribution in [0.5, 0.6) is 0 Å². The molecule has 3 aromatic rings. The van der Waals surface area contributed by atoms with Crippen molar-refractivity contribution in [2.75, 3.05) is 0 Å². The third-order valence-corrected chi connectivity index (χ3v) is 3.64. The van der Waals surface area contributed by atoms with Gasteiger partial charge in [0.25, 0.3) is 0 Å². The van der Waals surface area contributed by atoms with Crippen molar-refractivity contribution in [1.29, 1.82) is 0 Å². The Morgan fingerprint density at radius 1 is 1.05 bits per heavy atom. The summed E-state index contributed by atoms with van der Waals surface area (Å²) in [6, 6.07) is 14.5. The van der Waals surface area contributed by atoms with Crippen molar-refractivity contribution < 1.29 is 0 Å². The predicted octanol–water partition coefficient (Wildman–Crippen LogP) is 4.53. The van der Waals surface area contributed by atoms with Gasteiger partial charge >= 0.3 is 0 Å². The molecule has 2 aromatic carbocycles. The summed E-state index contributed by atoms with van der Waals surface area (Å²) in [5, 5.41) is 0. The number of rotatable bonds is 3. The highest BCUT2D eigenvalue weighted by molar-refractivity contribution is 6.17. The number of benzene rings is 2. The number of alkyl halides is 1. The van der Waals surface area contributed by atoms with E-state index in [0.717, 1.165) is 34.4 Å². The fourth-order valence-corrected chi connectivity index (χ4v) is 2.34. The van der Waals surface area contributed by atoms with Gasteiger partial charge in [0.15, 0.2) is 0 Å². The first kappa shape index (κ1) is 12.2. The van der Waals surface area contributed by atoms with Gasteiger partial charge in [-0.2, -0.15) is 0 Å². The zero-order valence-electron chi connectivity index (χ0n) is 10.8. The van der Waals surface area contributed by atoms with Crippen molar-refractivity contribution in [3.63, 3.8) is 0 Å². The van der Waals surface area contributed by atoms with Crippen LogP contribution in [0, 0.1) is 0 Å². The van der Waals surface area contributed by atoms with Gasteiger partial charge in [0.2, 0.25) is 0 Å². The van der Waals surface area contributed by atoms with E-state index < -0.39 is 0 Å². The Morgan fingerprint density at radius 3 is 2.47 bits per heavy atom. The molecule has 0 unspecified atom stereocenters. The number of H-pyrrole nitrogens is 1. The summed E-state index contributed by atoms with van der Waals surface area (Å²) in [6.45, 7) is 2.16. The smallest absolute Gasteiger partial charge is 0.138 e. The van der Waals surface area contributed by atoms with Crippen molar-refractivity contribution >= 4 is 22.6 Å². The molecule has 0 radical (unpaired) electrons. The molecule has 0 amide bonds. The van der Waals surface area contributed by atoms with E-state index in [9.17, 15) is 0 Å². The van der Waals surface area contributed by atoms with Crippen LogP contribution in [0.1, 0.15) is 18.1 Å². The number of nitrogens with one attached hydrogen (secondary N) is 1. The fourth-order valence-electron chi connectivity index (χ4n) is 2.17. The second kappa shape index (κ2) is 5.06. The topological polar surface area (TPSA) is 28.7 Å². The Morgan fingerprint density at radius 2 is 1.79 bits per heavy atom. The van der Waals surface area contributed by atoms with Crippen LogP contribution >= 0.6 is 11.6 Å². The van der Waals surface area contributed by atoms with Crippen LogP contribution < -0.4 is 0 Å². The molecule has 0 aliphatic carbocycles. The van der Waals surface area contributed by atoms with Gasteiger partial charge in [0, 0.05) is 11.4 Å². The number of hydrogen-bond donors (Lipinski definition) is 1. The number of aromatic nitrogens is 2. The Bertz CT molecular complexity index is 698. The van der Waals surface area contributed by atoms with Crippen molar-refractivity contribution in [2.45, 2.75) is 19.2 Å². The molecule has 19 heavy (non-hydrogen) atoms. The normalized spacial score (nSPS) is 11.1. The maximum atomic E-state index is 5.80. The van der Waals surface area contributed by atoms with Crippen LogP contribution in [0.4, 0.5) is 0 Å². The molecule has 96 valence electrons. The van der Waals surface area contributed by atoms with Crippen LogP contribution in [0.2, 0.25) is 0 Å². The van der Waals surface area contributed by atoms with Gasteiger partial charge in [-0.3, -0.25) is 0 Å². The van der Waals surface area contributed by atoms with E-state index in [0.29, 0.717) is 5.88 Å². The highest BCUT2D eigenvalue weighted by Gasteiger charge is 2.05. The molecule has 0 aliphatic heterocycles. The molecule has 1 N–H and O–H groups in total. The summed E-state index contributed by atoms with van der Waals surface area (Å²) in [6.07, 6.45) is 1.04. The number of imidazole rings is 1. The van der Waals surface area contributed by atoms with Crippen LogP contribution in [0.3, 0.4) is 0 Å². The predicted molar refractivity (Wildman–Crippen MR) is 80.5 cm³/mol. The van der Waals surface area contributed by atoms with Gasteiger partial charge in [-0.1, -0.05) is 37.3 Å². The summed E-state index contributed by atoms with van der Waals surface area (Å²) < 4.78 is 0. The quantitative estimate of drug-likeness (QED) is 0.696. The molecule has 0 spiro atoms. The zero-order valence-corrected chi connectivity index (χ0v) is 11.5. The Balaban J connectivity index is 2.04. The van der Waals surface area contributed by atoms with Crippen molar-refractivity contribution in [2.24, 2.45) is 0 Å². The maximum Gasteiger partial charge on any atom is 0.138 e. The van der Waals surface area contributed by atoms with Gasteiger partial charge in [0.1, 0.15) is 5.82 Å². The number of hydrogen-bond acceptors (Lipinski definition) is 1. The fraction of sp³-hybridized carbons (Fsp3) is 0.188. The molecule has 1 heterocycles. The standard InChI is InChI=1S/C16H15ClN2/c1-2-11-5-8-14-15(9-11)19-16(18-14)13-6-3-12(10-17)4-7-13/h3-9H,2,10H2,1H3,(H,18,19). The lowest BCUT2D eigenvalue weighted by atomic mass is 10.1. The molecule has 0 fully saturated rings. The lowest BCUT2D eigenvalue weighted by Crippen LogP contribution is -1.82. The third kappa shape index (κ3) is 2.36. The summed E-state index contributed by atoms with van der Waals surface area (Å²) in [5.74, 6) is 1.45. The average Bonchev–Trinajstić information content (AvgIpc) is 2.90. The number of aryl methyl sites for hydroxylation is 1. The minimum Gasteiger partial charge on any atom is -0.338 e. The average molecular weight is 271 g/mol. The van der Waals surface area contributed by atoms with Gasteiger partial charge in [-0.15, -0.1) is 11.6 Å². The van der Waals surface area contributed by atoms with Gasteiger partial charge in [-0.25, -0.2) is 4.98 Å². The number of aromatic amines is 1. The number of nitrogens with zero attached hydrogens (tertiary/aromatic N) is 1. The number of fused-ring (bicyclic) bond motifs is 1. The van der Waals surface area contributed by atoms with Crippen LogP contribution in [-0.2, 0) is 12.3 Å². The highest BCUT2D eigenvalue weighted by atomic mass is 35.5. The van der Waals surface area contributed by atoms with Crippen LogP contribution in [0.25, 0.3) is 22.4 Å². The minimum absolute atomic E-state index is 0.542. The molecule has 0 saturated carbocycles. The summed E-state index contributed by atoms with van der Waals surface area (Å²) >= 11 is 5.80. The number of halogens is 1. The second-order valence-corrected chi connectivity index (χ2v) is 4.89. The molecule has 3 rings (SSSR count). The first-order valence-corrected chi connectivity index (χ1v) is 6.97. The minimum atomic E-state index is 0.542. The summed E-state index contributed by atoms with van der Waals surface area (Å²) in [5.41, 5.74) is 5.63. The molecule has 0 bridgehead atoms. The SMILES string of the molecule is CCc1ccc2nc(-c3ccc(CCl)cc3)[nH]c2c1. The first-order valence-electron chi connectivity index (χ1n) is 6.44. The van der Waals surface area contributed by atoms with Gasteiger partial charge in [-0.05, 0) is 29.7 Å². The van der Waals surface area contributed by atoms with E-state index in [2.05, 4.69) is 47.2 Å². The van der Waals surface area contributed by atoms with Crippen molar-refractivity contribution in [3.05, 3.63) is 53.6 Å². The maximum absolute atomic E-state index is 5.80. The lowest BCUT2D eigenvalue weighted by Gasteiger charge is -1.98. The Kier molecular flexibility index (Phi) is 3.26. The van der Waals surface area contributed by atoms with E-state index in [-0.39, 0.29) is 0 Å². The molecule has 3 heteroatoms. The molecule has 0 atom stereocenters. The van der Waals surface area contributed by atoms with Crippen molar-refractivity contribution in [3.8, 4) is 11.4 Å². The summed E-state index contributed by atoms with van der Waals surface area (Å²) in [7, 11) is 0. The van der Waals surface area contributed by atoms with E-state index in [1.807, 2.05) is 12.1 Å². The van der Waals surface area contributed by atoms with Gasteiger partial charge in [0.05, 0.1) is 11.0 Å². The van der Waals surface area contributed by atoms with E-state index in [4.69, 9.17) is 11.6 Å². The van der Waals surface area contributed by atoms with Crippen molar-refractivity contribution in [1.82, 2.24) is 9.97 Å². The second-order valence-electron chi connectivity index (χ2n) is 4.62. The first-order chi connectivity index (χ1) is 9.30. The molecular formula is C16H15ClN2. The molecule has 1 aromatic heterocycles. The largest absolute Gasteiger partial charge is 0.338 e. The molecular weight excluding hydrogens is 256 g/mol. The highest BCUT2D eigenvalue weighted by Crippen LogP contribution is 2.22. The molecule has 0 saturated heterocycles. The Labute approximate surface area is 117 Å². The van der Waals surface area contributed by atoms with E-state index in [1.165, 1.54) is 5.56 Å². The van der Waals surface area contributed by atoms with Gasteiger partial charge < -0.3 is 4.98 Å². The Hall–Kier alpha value is -1.80. The summed E-state index contributed by atoms with van der Waals surface area (Å²) in [4.78, 5) is 8.01. The third-order valence-electron chi connectivity index (χ3n) is 3.34. The van der Waals surface area contributed by atoms with Crippen LogP contribution in [-0.4, -0.2) is 9.97 Å². The monoisotopic (exact) mass is 270 g/mol. The molecule has 0 aliphatic rings. The zero-order chi connectivity index (χ0) is 13.2. The van der Waals surface area contributed by atoms with E-state index in [1.54, 1.807) is 0 Å². The molecule has 2 nitrogen and oxygen atoms in total.